The van der Waals surface area contributed by atoms with E-state index < -0.39 is 17.9 Å². The molecule has 2 aliphatic rings. The molecule has 0 bridgehead atoms. The highest BCUT2D eigenvalue weighted by Gasteiger charge is 2.48. The highest BCUT2D eigenvalue weighted by Crippen LogP contribution is 2.26. The summed E-state index contributed by atoms with van der Waals surface area (Å²) >= 11 is 0. The molecule has 0 spiro atoms. The number of amides is 2. The van der Waals surface area contributed by atoms with Crippen molar-refractivity contribution >= 4 is 17.8 Å². The van der Waals surface area contributed by atoms with Crippen LogP contribution in [0.3, 0.4) is 0 Å². The maximum atomic E-state index is 11.9. The predicted molar refractivity (Wildman–Crippen MR) is 57.7 cm³/mol. The molecule has 0 aromatic heterocycles. The van der Waals surface area contributed by atoms with Crippen LogP contribution in [0.15, 0.2) is 24.0 Å². The van der Waals surface area contributed by atoms with Crippen LogP contribution >= 0.6 is 0 Å². The van der Waals surface area contributed by atoms with Crippen molar-refractivity contribution in [2.75, 3.05) is 7.05 Å². The highest BCUT2D eigenvalue weighted by molar-refractivity contribution is 5.96. The molecule has 2 unspecified atom stereocenters. The average Bonchev–Trinajstić information content (AvgIpc) is 2.56. The average molecular weight is 251 g/mol. The Labute approximate surface area is 103 Å². The van der Waals surface area contributed by atoms with E-state index in [2.05, 4.69) is 17.3 Å². The number of hydrogen-bond donors (Lipinski definition) is 2. The Hall–Kier alpha value is -2.15. The Morgan fingerprint density at radius 2 is 2.22 bits per heavy atom. The van der Waals surface area contributed by atoms with Crippen LogP contribution in [0.5, 0.6) is 0 Å². The summed E-state index contributed by atoms with van der Waals surface area (Å²) in [6, 6.07) is -0.400. The van der Waals surface area contributed by atoms with Crippen LogP contribution in [0, 0.1) is 0 Å². The van der Waals surface area contributed by atoms with Gasteiger partial charge in [0.1, 0.15) is 5.70 Å². The van der Waals surface area contributed by atoms with Gasteiger partial charge in [0.2, 0.25) is 5.91 Å². The second-order valence-electron chi connectivity index (χ2n) is 4.50. The minimum Gasteiger partial charge on any atom is -0.543 e. The fourth-order valence-corrected chi connectivity index (χ4v) is 2.27. The molecular weight excluding hydrogens is 238 g/mol. The van der Waals surface area contributed by atoms with Gasteiger partial charge in [-0.3, -0.25) is 4.79 Å². The lowest BCUT2D eigenvalue weighted by molar-refractivity contribution is -0.888. The lowest BCUT2D eigenvalue weighted by atomic mass is 10.0. The quantitative estimate of drug-likeness (QED) is 0.548. The summed E-state index contributed by atoms with van der Waals surface area (Å²) in [5.41, 5.74) is 2.75. The van der Waals surface area contributed by atoms with Gasteiger partial charge >= 0.3 is 5.91 Å². The van der Waals surface area contributed by atoms with Crippen LogP contribution in [0.25, 0.3) is 0 Å². The molecule has 0 aromatic rings. The molecule has 0 saturated carbocycles. The van der Waals surface area contributed by atoms with Crippen LogP contribution in [-0.4, -0.2) is 35.5 Å². The number of nitrogens with one attached hydrogen (secondary N) is 2. The van der Waals surface area contributed by atoms with Crippen molar-refractivity contribution in [3.8, 4) is 0 Å². The Balaban J connectivity index is 2.24. The molecule has 2 aliphatic heterocycles. The van der Waals surface area contributed by atoms with E-state index in [1.165, 1.54) is 0 Å². The van der Waals surface area contributed by atoms with E-state index in [0.717, 1.165) is 6.08 Å². The monoisotopic (exact) mass is 251 g/mol. The number of rotatable bonds is 2. The molecule has 0 radical (unpaired) electrons. The van der Waals surface area contributed by atoms with E-state index in [1.807, 2.05) is 0 Å². The summed E-state index contributed by atoms with van der Waals surface area (Å²) in [6.07, 6.45) is 1.69. The first-order chi connectivity index (χ1) is 8.34. The molecule has 0 aliphatic carbocycles. The number of carboxylic acids is 1. The Morgan fingerprint density at radius 1 is 1.56 bits per heavy atom. The van der Waals surface area contributed by atoms with Crippen molar-refractivity contribution in [2.24, 2.45) is 0 Å². The van der Waals surface area contributed by atoms with Crippen molar-refractivity contribution in [2.45, 2.75) is 18.9 Å². The van der Waals surface area contributed by atoms with Crippen molar-refractivity contribution in [3.05, 3.63) is 24.0 Å². The van der Waals surface area contributed by atoms with E-state index in [4.69, 9.17) is 0 Å². The lowest BCUT2D eigenvalue weighted by Crippen LogP contribution is -2.64. The first kappa shape index (κ1) is 12.3. The molecule has 2 rings (SSSR count). The van der Waals surface area contributed by atoms with E-state index >= 15 is 0 Å². The number of carboxylic acid groups (broad SMARTS) is 1. The molecule has 2 N–H and O–H groups in total. The third-order valence-corrected chi connectivity index (χ3v) is 3.27. The van der Waals surface area contributed by atoms with Gasteiger partial charge in [-0.25, -0.2) is 10.2 Å². The van der Waals surface area contributed by atoms with Gasteiger partial charge in [-0.15, -0.1) is 0 Å². The lowest BCUT2D eigenvalue weighted by Gasteiger charge is -2.38. The van der Waals surface area contributed by atoms with Crippen LogP contribution in [-0.2, 0) is 14.4 Å². The summed E-state index contributed by atoms with van der Waals surface area (Å²) < 4.78 is -0.345. The number of likely N-dealkylation sites (N-methyl/N-ethyl adjacent to an activating group) is 1. The zero-order valence-electron chi connectivity index (χ0n) is 9.86. The first-order valence-corrected chi connectivity index (χ1v) is 5.45. The van der Waals surface area contributed by atoms with Gasteiger partial charge in [0.05, 0.1) is 24.8 Å². The van der Waals surface area contributed by atoms with Crippen molar-refractivity contribution in [1.29, 1.82) is 0 Å². The van der Waals surface area contributed by atoms with Gasteiger partial charge in [0.15, 0.2) is 6.04 Å². The Kier molecular flexibility index (Phi) is 2.70. The molecule has 18 heavy (non-hydrogen) atoms. The molecule has 7 nitrogen and oxygen atoms in total. The SMILES string of the molecule is C=C1NC(=O)CCC1[N+]1(C)NC(C(=O)[O-])=CC1=O. The summed E-state index contributed by atoms with van der Waals surface area (Å²) in [7, 11) is 1.54. The van der Waals surface area contributed by atoms with Gasteiger partial charge in [0.25, 0.3) is 0 Å². The fraction of sp³-hybridized carbons (Fsp3) is 0.364. The minimum atomic E-state index is -1.43. The molecule has 2 amide bonds. The van der Waals surface area contributed by atoms with Gasteiger partial charge in [-0.1, -0.05) is 6.58 Å². The minimum absolute atomic E-state index is 0.150. The maximum Gasteiger partial charge on any atom is 0.365 e. The summed E-state index contributed by atoms with van der Waals surface area (Å²) in [5, 5.41) is 13.3. The second kappa shape index (κ2) is 3.95. The third-order valence-electron chi connectivity index (χ3n) is 3.27. The predicted octanol–water partition coefficient (Wildman–Crippen LogP) is -2.10. The number of carbonyl (C=O) groups excluding carboxylic acids is 3. The summed E-state index contributed by atoms with van der Waals surface area (Å²) in [4.78, 5) is 33.9. The van der Waals surface area contributed by atoms with Gasteiger partial charge in [0, 0.05) is 12.8 Å². The van der Waals surface area contributed by atoms with Crippen molar-refractivity contribution < 1.29 is 24.1 Å². The molecule has 2 atom stereocenters. The van der Waals surface area contributed by atoms with E-state index in [1.54, 1.807) is 7.05 Å². The van der Waals surface area contributed by atoms with Crippen molar-refractivity contribution in [1.82, 2.24) is 10.7 Å². The largest absolute Gasteiger partial charge is 0.543 e. The topological polar surface area (TPSA) is 98.3 Å². The maximum absolute atomic E-state index is 11.9. The third kappa shape index (κ3) is 1.78. The number of carbonyl (C=O) groups is 3. The number of quaternary nitrogens is 1. The van der Waals surface area contributed by atoms with Crippen molar-refractivity contribution in [3.63, 3.8) is 0 Å². The van der Waals surface area contributed by atoms with Gasteiger partial charge < -0.3 is 15.2 Å². The Morgan fingerprint density at radius 3 is 2.72 bits per heavy atom. The number of aliphatic carboxylic acids is 1. The molecule has 1 fully saturated rings. The van der Waals surface area contributed by atoms with E-state index in [0.29, 0.717) is 12.1 Å². The first-order valence-electron chi connectivity index (χ1n) is 5.45. The zero-order valence-corrected chi connectivity index (χ0v) is 9.86. The van der Waals surface area contributed by atoms with Gasteiger partial charge in [-0.2, -0.15) is 4.59 Å². The standard InChI is InChI=1S/C11H13N3O4/c1-6-8(3-4-9(15)12-6)14(2)10(16)5-7(13-14)11(17)18/h5,8H,1,3-4H2,2H3,(H2-,12,13,15,16,17,18). The highest BCUT2D eigenvalue weighted by atomic mass is 16.4. The summed E-state index contributed by atoms with van der Waals surface area (Å²) in [6.45, 7) is 3.71. The van der Waals surface area contributed by atoms with Gasteiger partial charge in [-0.05, 0) is 0 Å². The van der Waals surface area contributed by atoms with Crippen LogP contribution in [0.2, 0.25) is 0 Å². The van der Waals surface area contributed by atoms with E-state index in [-0.39, 0.29) is 22.6 Å². The number of piperidine rings is 1. The molecule has 1 saturated heterocycles. The van der Waals surface area contributed by atoms with Crippen LogP contribution in [0.4, 0.5) is 0 Å². The molecular formula is C11H13N3O4. The fourth-order valence-electron chi connectivity index (χ4n) is 2.27. The van der Waals surface area contributed by atoms with E-state index in [9.17, 15) is 19.5 Å². The van der Waals surface area contributed by atoms with Crippen LogP contribution in [0.1, 0.15) is 12.8 Å². The Bertz CT molecular complexity index is 497. The normalized spacial score (nSPS) is 31.7. The zero-order chi connectivity index (χ0) is 13.5. The number of nitrogens with zero attached hydrogens (tertiary/aromatic N) is 1. The smallest absolute Gasteiger partial charge is 0.365 e. The molecule has 0 aromatic carbocycles. The summed E-state index contributed by atoms with van der Waals surface area (Å²) in [5.74, 6) is -1.99. The molecule has 7 heteroatoms. The van der Waals surface area contributed by atoms with Crippen LogP contribution < -0.4 is 15.8 Å². The number of hydrogen-bond acceptors (Lipinski definition) is 5. The molecule has 96 valence electrons. The second-order valence-corrected chi connectivity index (χ2v) is 4.50. The molecule has 2 heterocycles.